The zero-order valence-electron chi connectivity index (χ0n) is 17.8. The molecular weight excluding hydrogens is 416 g/mol. The Hall–Kier alpha value is -4.24. The van der Waals surface area contributed by atoms with Gasteiger partial charge in [-0.25, -0.2) is 4.98 Å². The van der Waals surface area contributed by atoms with E-state index in [1.54, 1.807) is 12.4 Å². The number of nitrogens with zero attached hydrogens (tertiary/aromatic N) is 6. The number of anilines is 2. The minimum atomic E-state index is 0.637. The van der Waals surface area contributed by atoms with Crippen LogP contribution in [0.1, 0.15) is 5.56 Å². The van der Waals surface area contributed by atoms with Crippen molar-refractivity contribution in [3.8, 4) is 11.3 Å². The number of benzene rings is 1. The molecular formula is C24H22N8O. The van der Waals surface area contributed by atoms with Crippen LogP contribution in [0.5, 0.6) is 0 Å². The number of hydrogen-bond acceptors (Lipinski definition) is 7. The molecule has 2 N–H and O–H groups in total. The molecule has 33 heavy (non-hydrogen) atoms. The maximum absolute atomic E-state index is 5.54. The van der Waals surface area contributed by atoms with Crippen LogP contribution in [0.25, 0.3) is 27.8 Å². The lowest BCUT2D eigenvalue weighted by molar-refractivity contribution is 0.122. The number of hydrazone groups is 1. The number of para-hydroxylation sites is 1. The summed E-state index contributed by atoms with van der Waals surface area (Å²) in [4.78, 5) is 14.8. The van der Waals surface area contributed by atoms with Crippen LogP contribution < -0.4 is 10.3 Å². The minimum Gasteiger partial charge on any atom is -0.378 e. The molecule has 1 fully saturated rings. The third kappa shape index (κ3) is 3.68. The highest BCUT2D eigenvalue weighted by Crippen LogP contribution is 2.28. The van der Waals surface area contributed by atoms with Crippen molar-refractivity contribution < 1.29 is 4.74 Å². The number of ether oxygens (including phenoxy) is 1. The van der Waals surface area contributed by atoms with Crippen molar-refractivity contribution in [2.45, 2.75) is 0 Å². The second-order valence-corrected chi connectivity index (χ2v) is 7.77. The first-order chi connectivity index (χ1) is 16.4. The van der Waals surface area contributed by atoms with E-state index < -0.39 is 0 Å². The summed E-state index contributed by atoms with van der Waals surface area (Å²) in [6.07, 6.45) is 7.33. The Morgan fingerprint density at radius 2 is 1.97 bits per heavy atom. The molecule has 9 heteroatoms. The second kappa shape index (κ2) is 8.36. The highest BCUT2D eigenvalue weighted by Gasteiger charge is 2.19. The standard InChI is InChI=1S/C24H22N8O/c1-2-6-20-18(5-1)17(14-26-20)15-27-30-22-13-23(31-9-11-33-12-10-31)32-24(29-22)19(16-28-32)21-7-3-4-8-25-21/h1-8,13-16,26H,9-12H2,(H,29,30)/b27-15-. The van der Waals surface area contributed by atoms with Gasteiger partial charge in [-0.05, 0) is 18.2 Å². The second-order valence-electron chi connectivity index (χ2n) is 7.77. The molecule has 0 aliphatic carbocycles. The van der Waals surface area contributed by atoms with Crippen molar-refractivity contribution in [2.24, 2.45) is 5.10 Å². The number of nitrogens with one attached hydrogen (secondary N) is 2. The lowest BCUT2D eigenvalue weighted by atomic mass is 10.2. The summed E-state index contributed by atoms with van der Waals surface area (Å²) >= 11 is 0. The summed E-state index contributed by atoms with van der Waals surface area (Å²) < 4.78 is 7.41. The molecule has 0 bridgehead atoms. The lowest BCUT2D eigenvalue weighted by Crippen LogP contribution is -2.37. The molecule has 0 unspecified atom stereocenters. The molecule has 1 aromatic carbocycles. The molecule has 6 rings (SSSR count). The molecule has 0 saturated carbocycles. The van der Waals surface area contributed by atoms with Crippen LogP contribution in [0, 0.1) is 0 Å². The topological polar surface area (TPSA) is 95.7 Å². The number of pyridine rings is 1. The average Bonchev–Trinajstić information content (AvgIpc) is 3.49. The number of hydrogen-bond donors (Lipinski definition) is 2. The smallest absolute Gasteiger partial charge is 0.169 e. The predicted molar refractivity (Wildman–Crippen MR) is 129 cm³/mol. The van der Waals surface area contributed by atoms with Crippen molar-refractivity contribution in [3.05, 3.63) is 72.7 Å². The Balaban J connectivity index is 1.39. The molecule has 0 radical (unpaired) electrons. The molecule has 0 amide bonds. The van der Waals surface area contributed by atoms with Gasteiger partial charge in [0.2, 0.25) is 0 Å². The van der Waals surface area contributed by atoms with E-state index in [1.807, 2.05) is 59.4 Å². The fraction of sp³-hybridized carbons (Fsp3) is 0.167. The highest BCUT2D eigenvalue weighted by molar-refractivity contribution is 5.99. The molecule has 0 atom stereocenters. The van der Waals surface area contributed by atoms with Gasteiger partial charge in [-0.2, -0.15) is 14.7 Å². The number of H-pyrrole nitrogens is 1. The van der Waals surface area contributed by atoms with E-state index in [1.165, 1.54) is 0 Å². The molecule has 4 aromatic heterocycles. The van der Waals surface area contributed by atoms with Crippen molar-refractivity contribution >= 4 is 34.4 Å². The quantitative estimate of drug-likeness (QED) is 0.322. The maximum Gasteiger partial charge on any atom is 0.169 e. The van der Waals surface area contributed by atoms with Gasteiger partial charge in [-0.3, -0.25) is 10.4 Å². The van der Waals surface area contributed by atoms with E-state index in [9.17, 15) is 0 Å². The Morgan fingerprint density at radius 1 is 1.09 bits per heavy atom. The Morgan fingerprint density at radius 3 is 2.85 bits per heavy atom. The normalized spacial score (nSPS) is 14.5. The highest BCUT2D eigenvalue weighted by atomic mass is 16.5. The van der Waals surface area contributed by atoms with E-state index in [2.05, 4.69) is 36.6 Å². The van der Waals surface area contributed by atoms with Crippen LogP contribution in [-0.2, 0) is 4.74 Å². The first-order valence-electron chi connectivity index (χ1n) is 10.8. The summed E-state index contributed by atoms with van der Waals surface area (Å²) in [7, 11) is 0. The summed E-state index contributed by atoms with van der Waals surface area (Å²) in [5, 5.41) is 10.2. The molecule has 1 aliphatic heterocycles. The van der Waals surface area contributed by atoms with Gasteiger partial charge in [0.1, 0.15) is 5.82 Å². The summed E-state index contributed by atoms with van der Waals surface area (Å²) in [5.74, 6) is 1.58. The van der Waals surface area contributed by atoms with Crippen LogP contribution in [0.4, 0.5) is 11.6 Å². The zero-order chi connectivity index (χ0) is 22.0. The molecule has 164 valence electrons. The van der Waals surface area contributed by atoms with Gasteiger partial charge in [0.05, 0.1) is 36.9 Å². The van der Waals surface area contributed by atoms with Gasteiger partial charge in [0.25, 0.3) is 0 Å². The van der Waals surface area contributed by atoms with Gasteiger partial charge in [-0.1, -0.05) is 24.3 Å². The summed E-state index contributed by atoms with van der Waals surface area (Å²) in [6.45, 7) is 2.94. The van der Waals surface area contributed by atoms with Crippen LogP contribution >= 0.6 is 0 Å². The predicted octanol–water partition coefficient (Wildman–Crippen LogP) is 3.56. The van der Waals surface area contributed by atoms with Gasteiger partial charge >= 0.3 is 0 Å². The summed E-state index contributed by atoms with van der Waals surface area (Å²) in [6, 6.07) is 15.9. The molecule has 9 nitrogen and oxygen atoms in total. The lowest BCUT2D eigenvalue weighted by Gasteiger charge is -2.29. The SMILES string of the molecule is C(=N/Nc1cc(N2CCOCC2)n2ncc(-c3ccccn3)c2n1)/c1c[nH]c2ccccc12. The molecule has 1 aliphatic rings. The summed E-state index contributed by atoms with van der Waals surface area (Å²) in [5.41, 5.74) is 7.62. The van der Waals surface area contributed by atoms with E-state index >= 15 is 0 Å². The molecule has 1 saturated heterocycles. The van der Waals surface area contributed by atoms with Gasteiger partial charge in [0, 0.05) is 48.0 Å². The van der Waals surface area contributed by atoms with Crippen molar-refractivity contribution in [1.82, 2.24) is 24.6 Å². The third-order valence-corrected chi connectivity index (χ3v) is 5.73. The number of aromatic amines is 1. The van der Waals surface area contributed by atoms with Crippen molar-refractivity contribution in [2.75, 3.05) is 36.6 Å². The Bertz CT molecular complexity index is 1430. The minimum absolute atomic E-state index is 0.637. The van der Waals surface area contributed by atoms with Crippen LogP contribution in [0.3, 0.4) is 0 Å². The molecule has 5 heterocycles. The average molecular weight is 438 g/mol. The molecule has 0 spiro atoms. The van der Waals surface area contributed by atoms with E-state index in [0.29, 0.717) is 19.0 Å². The zero-order valence-corrected chi connectivity index (χ0v) is 17.8. The van der Waals surface area contributed by atoms with Crippen LogP contribution in [0.2, 0.25) is 0 Å². The van der Waals surface area contributed by atoms with E-state index in [0.717, 1.165) is 52.3 Å². The first-order valence-corrected chi connectivity index (χ1v) is 10.8. The van der Waals surface area contributed by atoms with Gasteiger partial charge < -0.3 is 14.6 Å². The maximum atomic E-state index is 5.54. The molecule has 5 aromatic rings. The number of aromatic nitrogens is 5. The third-order valence-electron chi connectivity index (χ3n) is 5.73. The number of morpholine rings is 1. The first kappa shape index (κ1) is 19.4. The van der Waals surface area contributed by atoms with Gasteiger partial charge in [0.15, 0.2) is 11.5 Å². The Labute approximate surface area is 189 Å². The van der Waals surface area contributed by atoms with Crippen LogP contribution in [-0.4, -0.2) is 57.1 Å². The van der Waals surface area contributed by atoms with Crippen molar-refractivity contribution in [3.63, 3.8) is 0 Å². The fourth-order valence-corrected chi connectivity index (χ4v) is 4.09. The largest absolute Gasteiger partial charge is 0.378 e. The fourth-order valence-electron chi connectivity index (χ4n) is 4.09. The Kier molecular flexibility index (Phi) is 4.93. The monoisotopic (exact) mass is 438 g/mol. The van der Waals surface area contributed by atoms with Crippen molar-refractivity contribution in [1.29, 1.82) is 0 Å². The van der Waals surface area contributed by atoms with E-state index in [4.69, 9.17) is 9.72 Å². The number of rotatable bonds is 5. The van der Waals surface area contributed by atoms with Gasteiger partial charge in [-0.15, -0.1) is 0 Å². The van der Waals surface area contributed by atoms with Crippen LogP contribution in [0.15, 0.2) is 72.2 Å². The van der Waals surface area contributed by atoms with E-state index in [-0.39, 0.29) is 0 Å². The number of fused-ring (bicyclic) bond motifs is 2.